The Labute approximate surface area is 199 Å². The highest BCUT2D eigenvalue weighted by atomic mass is 16.5. The third-order valence-corrected chi connectivity index (χ3v) is 5.48. The van der Waals surface area contributed by atoms with Gasteiger partial charge in [0.25, 0.3) is 0 Å². The molecule has 0 fully saturated rings. The van der Waals surface area contributed by atoms with Gasteiger partial charge in [0.2, 0.25) is 0 Å². The Hall–Kier alpha value is -4.18. The van der Waals surface area contributed by atoms with Crippen LogP contribution in [0.2, 0.25) is 0 Å². The van der Waals surface area contributed by atoms with Crippen molar-refractivity contribution in [2.45, 2.75) is 26.7 Å². The van der Waals surface area contributed by atoms with Crippen molar-refractivity contribution in [1.82, 2.24) is 0 Å². The Balaban J connectivity index is 1.25. The molecule has 0 N–H and O–H groups in total. The summed E-state index contributed by atoms with van der Waals surface area (Å²) in [5, 5.41) is 0. The lowest BCUT2D eigenvalue weighted by Gasteiger charge is -2.08. The van der Waals surface area contributed by atoms with E-state index < -0.39 is 11.9 Å². The van der Waals surface area contributed by atoms with E-state index in [1.165, 1.54) is 11.1 Å². The van der Waals surface area contributed by atoms with E-state index in [0.717, 1.165) is 22.3 Å². The van der Waals surface area contributed by atoms with Gasteiger partial charge in [0, 0.05) is 0 Å². The molecule has 4 aromatic rings. The summed E-state index contributed by atoms with van der Waals surface area (Å²) in [4.78, 5) is 24.3. The average molecular weight is 451 g/mol. The molecular formula is C30H26O4. The molecule has 170 valence electrons. The van der Waals surface area contributed by atoms with Gasteiger partial charge >= 0.3 is 11.9 Å². The molecule has 0 heterocycles. The third-order valence-electron chi connectivity index (χ3n) is 5.48. The molecule has 4 aromatic carbocycles. The van der Waals surface area contributed by atoms with Crippen molar-refractivity contribution in [3.63, 3.8) is 0 Å². The molecule has 0 aliphatic heterocycles. The molecule has 34 heavy (non-hydrogen) atoms. The molecule has 4 nitrogen and oxygen atoms in total. The lowest BCUT2D eigenvalue weighted by Crippen LogP contribution is -2.14. The quantitative estimate of drug-likeness (QED) is 0.226. The first-order valence-electron chi connectivity index (χ1n) is 11.2. The van der Waals surface area contributed by atoms with Crippen LogP contribution in [0.3, 0.4) is 0 Å². The summed E-state index contributed by atoms with van der Waals surface area (Å²) < 4.78 is 10.7. The van der Waals surface area contributed by atoms with Gasteiger partial charge in [0.1, 0.15) is 11.5 Å². The SMILES string of the molecule is Cc1ccc(-c2ccc(OC(=O)CCC(=O)Oc3ccc(-c4ccc(C)cc4)cc3)cc2)cc1. The minimum atomic E-state index is -0.477. The molecule has 0 atom stereocenters. The summed E-state index contributed by atoms with van der Waals surface area (Å²) in [7, 11) is 0. The van der Waals surface area contributed by atoms with Gasteiger partial charge in [-0.15, -0.1) is 0 Å². The minimum absolute atomic E-state index is 0.0556. The van der Waals surface area contributed by atoms with Gasteiger partial charge in [0.05, 0.1) is 12.8 Å². The van der Waals surface area contributed by atoms with E-state index in [4.69, 9.17) is 9.47 Å². The second-order valence-electron chi connectivity index (χ2n) is 8.23. The number of hydrogen-bond donors (Lipinski definition) is 0. The zero-order valence-corrected chi connectivity index (χ0v) is 19.3. The topological polar surface area (TPSA) is 52.6 Å². The molecular weight excluding hydrogens is 424 g/mol. The van der Waals surface area contributed by atoms with Crippen LogP contribution in [0.1, 0.15) is 24.0 Å². The Kier molecular flexibility index (Phi) is 7.19. The highest BCUT2D eigenvalue weighted by Crippen LogP contribution is 2.24. The van der Waals surface area contributed by atoms with Crippen molar-refractivity contribution in [1.29, 1.82) is 0 Å². The fraction of sp³-hybridized carbons (Fsp3) is 0.133. The molecule has 0 radical (unpaired) electrons. The highest BCUT2D eigenvalue weighted by molar-refractivity contribution is 5.80. The highest BCUT2D eigenvalue weighted by Gasteiger charge is 2.12. The summed E-state index contributed by atoms with van der Waals surface area (Å²) >= 11 is 0. The van der Waals surface area contributed by atoms with Crippen molar-refractivity contribution < 1.29 is 19.1 Å². The van der Waals surface area contributed by atoms with Crippen molar-refractivity contribution in [3.05, 3.63) is 108 Å². The molecule has 0 saturated heterocycles. The van der Waals surface area contributed by atoms with Gasteiger partial charge < -0.3 is 9.47 Å². The average Bonchev–Trinajstić information content (AvgIpc) is 2.85. The van der Waals surface area contributed by atoms with E-state index in [1.807, 2.05) is 38.1 Å². The fourth-order valence-electron chi connectivity index (χ4n) is 3.49. The molecule has 4 rings (SSSR count). The van der Waals surface area contributed by atoms with Crippen LogP contribution in [0.4, 0.5) is 0 Å². The molecule has 4 heteroatoms. The van der Waals surface area contributed by atoms with Crippen LogP contribution >= 0.6 is 0 Å². The number of benzene rings is 4. The van der Waals surface area contributed by atoms with Gasteiger partial charge in [-0.3, -0.25) is 9.59 Å². The van der Waals surface area contributed by atoms with Crippen LogP contribution in [-0.4, -0.2) is 11.9 Å². The van der Waals surface area contributed by atoms with E-state index in [1.54, 1.807) is 24.3 Å². The second kappa shape index (κ2) is 10.6. The largest absolute Gasteiger partial charge is 0.427 e. The van der Waals surface area contributed by atoms with Gasteiger partial charge in [0.15, 0.2) is 0 Å². The van der Waals surface area contributed by atoms with E-state index in [-0.39, 0.29) is 12.8 Å². The number of esters is 2. The van der Waals surface area contributed by atoms with E-state index in [9.17, 15) is 9.59 Å². The minimum Gasteiger partial charge on any atom is -0.427 e. The summed E-state index contributed by atoms with van der Waals surface area (Å²) in [6.45, 7) is 4.09. The zero-order chi connectivity index (χ0) is 23.9. The normalized spacial score (nSPS) is 10.5. The van der Waals surface area contributed by atoms with Crippen LogP contribution in [0.25, 0.3) is 22.3 Å². The molecule has 0 bridgehead atoms. The van der Waals surface area contributed by atoms with E-state index >= 15 is 0 Å². The second-order valence-corrected chi connectivity index (χ2v) is 8.23. The first-order chi connectivity index (χ1) is 16.5. The van der Waals surface area contributed by atoms with Crippen molar-refractivity contribution >= 4 is 11.9 Å². The summed E-state index contributed by atoms with van der Waals surface area (Å²) in [5.41, 5.74) is 6.67. The van der Waals surface area contributed by atoms with Crippen LogP contribution < -0.4 is 9.47 Å². The van der Waals surface area contributed by atoms with E-state index in [0.29, 0.717) is 11.5 Å². The van der Waals surface area contributed by atoms with Crippen molar-refractivity contribution in [2.24, 2.45) is 0 Å². The number of carbonyl (C=O) groups excluding carboxylic acids is 2. The number of hydrogen-bond acceptors (Lipinski definition) is 4. The summed E-state index contributed by atoms with van der Waals surface area (Å²) in [6, 6.07) is 31.1. The fourth-order valence-corrected chi connectivity index (χ4v) is 3.49. The zero-order valence-electron chi connectivity index (χ0n) is 19.3. The predicted octanol–water partition coefficient (Wildman–Crippen LogP) is 6.93. The first kappa shape index (κ1) is 23.0. The molecule has 0 amide bonds. The van der Waals surface area contributed by atoms with Gasteiger partial charge in [-0.2, -0.15) is 0 Å². The van der Waals surface area contributed by atoms with Crippen LogP contribution in [0.15, 0.2) is 97.1 Å². The number of aryl methyl sites for hydroxylation is 2. The maximum atomic E-state index is 12.2. The number of carbonyl (C=O) groups is 2. The van der Waals surface area contributed by atoms with Crippen LogP contribution in [-0.2, 0) is 9.59 Å². The lowest BCUT2D eigenvalue weighted by atomic mass is 10.0. The van der Waals surface area contributed by atoms with Crippen LogP contribution in [0, 0.1) is 13.8 Å². The third kappa shape index (κ3) is 6.20. The molecule has 0 spiro atoms. The Morgan fingerprint density at radius 1 is 0.471 bits per heavy atom. The summed E-state index contributed by atoms with van der Waals surface area (Å²) in [5.74, 6) is -0.0636. The number of ether oxygens (including phenoxy) is 2. The molecule has 0 aromatic heterocycles. The maximum absolute atomic E-state index is 12.2. The maximum Gasteiger partial charge on any atom is 0.311 e. The Bertz CT molecular complexity index is 1150. The van der Waals surface area contributed by atoms with Crippen molar-refractivity contribution in [3.8, 4) is 33.8 Å². The Morgan fingerprint density at radius 2 is 0.735 bits per heavy atom. The molecule has 0 unspecified atom stereocenters. The molecule has 0 saturated carbocycles. The van der Waals surface area contributed by atoms with Gasteiger partial charge in [-0.05, 0) is 60.4 Å². The van der Waals surface area contributed by atoms with Crippen molar-refractivity contribution in [2.75, 3.05) is 0 Å². The first-order valence-corrected chi connectivity index (χ1v) is 11.2. The molecule has 0 aliphatic rings. The van der Waals surface area contributed by atoms with E-state index in [2.05, 4.69) is 48.5 Å². The predicted molar refractivity (Wildman–Crippen MR) is 134 cm³/mol. The van der Waals surface area contributed by atoms with Crippen LogP contribution in [0.5, 0.6) is 11.5 Å². The molecule has 0 aliphatic carbocycles. The summed E-state index contributed by atoms with van der Waals surface area (Å²) in [6.07, 6.45) is -0.111. The monoisotopic (exact) mass is 450 g/mol. The number of rotatable bonds is 7. The lowest BCUT2D eigenvalue weighted by molar-refractivity contribution is -0.140. The smallest absolute Gasteiger partial charge is 0.311 e. The Morgan fingerprint density at radius 3 is 1.03 bits per heavy atom. The van der Waals surface area contributed by atoms with Gasteiger partial charge in [-0.25, -0.2) is 0 Å². The van der Waals surface area contributed by atoms with Gasteiger partial charge in [-0.1, -0.05) is 83.9 Å². The standard InChI is InChI=1S/C30H26O4/c1-21-3-7-23(8-4-21)25-11-15-27(16-12-25)33-29(31)19-20-30(32)34-28-17-13-26(14-18-28)24-9-5-22(2)6-10-24/h3-18H,19-20H2,1-2H3.